The number of primary amides is 1. The summed E-state index contributed by atoms with van der Waals surface area (Å²) in [7, 11) is 0. The second kappa shape index (κ2) is 3.42. The van der Waals surface area contributed by atoms with E-state index in [0.717, 1.165) is 24.8 Å². The van der Waals surface area contributed by atoms with E-state index in [1.54, 1.807) is 6.07 Å². The molecular weight excluding hydrogens is 176 g/mol. The quantitative estimate of drug-likeness (QED) is 0.681. The number of hydrogen-bond donors (Lipinski definition) is 2. The molecule has 1 atom stereocenters. The molecule has 0 spiro atoms. The maximum Gasteiger partial charge on any atom is 0.248 e. The molecule has 3 heteroatoms. The van der Waals surface area contributed by atoms with Crippen LogP contribution in [0, 0.1) is 0 Å². The Bertz CT molecular complexity index is 374. The summed E-state index contributed by atoms with van der Waals surface area (Å²) in [6.07, 6.45) is 2.72. The molecule has 0 saturated carbocycles. The molecule has 1 aromatic carbocycles. The van der Waals surface area contributed by atoms with E-state index in [4.69, 9.17) is 11.5 Å². The van der Waals surface area contributed by atoms with Gasteiger partial charge in [0.25, 0.3) is 0 Å². The lowest BCUT2D eigenvalue weighted by Gasteiger charge is -2.22. The zero-order valence-corrected chi connectivity index (χ0v) is 7.99. The predicted octanol–water partition coefficient (Wildman–Crippen LogP) is 0.601. The molecular formula is C11H14N2O. The zero-order chi connectivity index (χ0) is 10.1. The molecule has 2 rings (SSSR count). The molecule has 0 saturated heterocycles. The molecule has 1 aromatic rings. The highest BCUT2D eigenvalue weighted by Crippen LogP contribution is 2.23. The number of benzene rings is 1. The van der Waals surface area contributed by atoms with Gasteiger partial charge in [0.05, 0.1) is 0 Å². The average molecular weight is 190 g/mol. The Hall–Kier alpha value is -1.35. The second-order valence-corrected chi connectivity index (χ2v) is 3.81. The van der Waals surface area contributed by atoms with Crippen LogP contribution in [0.4, 0.5) is 0 Å². The zero-order valence-electron chi connectivity index (χ0n) is 7.99. The van der Waals surface area contributed by atoms with Crippen LogP contribution >= 0.6 is 0 Å². The van der Waals surface area contributed by atoms with Gasteiger partial charge in [0, 0.05) is 11.6 Å². The lowest BCUT2D eigenvalue weighted by Crippen LogP contribution is -2.30. The Morgan fingerprint density at radius 3 is 2.93 bits per heavy atom. The van der Waals surface area contributed by atoms with E-state index < -0.39 is 0 Å². The third kappa shape index (κ3) is 1.51. The van der Waals surface area contributed by atoms with Crippen molar-refractivity contribution in [1.29, 1.82) is 0 Å². The molecule has 0 bridgehead atoms. The van der Waals surface area contributed by atoms with Gasteiger partial charge in [-0.05, 0) is 36.5 Å². The van der Waals surface area contributed by atoms with Crippen LogP contribution in [0.25, 0.3) is 0 Å². The SMILES string of the molecule is NC(=O)c1cccc2c1C[C@H](N)CC2. The van der Waals surface area contributed by atoms with Gasteiger partial charge in [-0.15, -0.1) is 0 Å². The van der Waals surface area contributed by atoms with E-state index in [-0.39, 0.29) is 11.9 Å². The Labute approximate surface area is 83.1 Å². The molecule has 0 heterocycles. The van der Waals surface area contributed by atoms with Gasteiger partial charge < -0.3 is 11.5 Å². The number of amides is 1. The van der Waals surface area contributed by atoms with Crippen molar-refractivity contribution in [3.05, 3.63) is 34.9 Å². The minimum absolute atomic E-state index is 0.169. The number of hydrogen-bond acceptors (Lipinski definition) is 2. The Balaban J connectivity index is 2.48. The first-order chi connectivity index (χ1) is 6.68. The number of carbonyl (C=O) groups excluding carboxylic acids is 1. The first-order valence-corrected chi connectivity index (χ1v) is 4.84. The van der Waals surface area contributed by atoms with Crippen molar-refractivity contribution < 1.29 is 4.79 Å². The smallest absolute Gasteiger partial charge is 0.248 e. The molecule has 0 aromatic heterocycles. The lowest BCUT2D eigenvalue weighted by atomic mass is 9.85. The molecule has 0 radical (unpaired) electrons. The molecule has 0 aliphatic heterocycles. The molecule has 0 fully saturated rings. The van der Waals surface area contributed by atoms with E-state index in [9.17, 15) is 4.79 Å². The highest BCUT2D eigenvalue weighted by molar-refractivity contribution is 5.94. The van der Waals surface area contributed by atoms with Gasteiger partial charge in [-0.3, -0.25) is 4.79 Å². The van der Waals surface area contributed by atoms with Gasteiger partial charge in [0.1, 0.15) is 0 Å². The maximum atomic E-state index is 11.2. The van der Waals surface area contributed by atoms with Crippen molar-refractivity contribution in [2.45, 2.75) is 25.3 Å². The van der Waals surface area contributed by atoms with Crippen LogP contribution in [0.1, 0.15) is 27.9 Å². The Kier molecular flexibility index (Phi) is 2.25. The first-order valence-electron chi connectivity index (χ1n) is 4.84. The highest BCUT2D eigenvalue weighted by Gasteiger charge is 2.19. The fourth-order valence-electron chi connectivity index (χ4n) is 2.05. The van der Waals surface area contributed by atoms with E-state index >= 15 is 0 Å². The normalized spacial score (nSPS) is 20.2. The number of nitrogens with two attached hydrogens (primary N) is 2. The van der Waals surface area contributed by atoms with Crippen LogP contribution in [0.3, 0.4) is 0 Å². The molecule has 1 aliphatic rings. The average Bonchev–Trinajstić information content (AvgIpc) is 2.16. The summed E-state index contributed by atoms with van der Waals surface area (Å²) in [5, 5.41) is 0. The van der Waals surface area contributed by atoms with Crippen LogP contribution in [0.5, 0.6) is 0 Å². The van der Waals surface area contributed by atoms with Crippen molar-refractivity contribution in [2.24, 2.45) is 11.5 Å². The summed E-state index contributed by atoms with van der Waals surface area (Å²) >= 11 is 0. The lowest BCUT2D eigenvalue weighted by molar-refractivity contribution is 0.0999. The van der Waals surface area contributed by atoms with Crippen molar-refractivity contribution in [3.8, 4) is 0 Å². The molecule has 1 aliphatic carbocycles. The molecule has 14 heavy (non-hydrogen) atoms. The number of fused-ring (bicyclic) bond motifs is 1. The van der Waals surface area contributed by atoms with E-state index in [2.05, 4.69) is 0 Å². The number of aryl methyl sites for hydroxylation is 1. The van der Waals surface area contributed by atoms with Crippen LogP contribution in [-0.2, 0) is 12.8 Å². The van der Waals surface area contributed by atoms with Crippen LogP contribution in [0.15, 0.2) is 18.2 Å². The van der Waals surface area contributed by atoms with E-state index in [1.165, 1.54) is 5.56 Å². The summed E-state index contributed by atoms with van der Waals surface area (Å²) in [4.78, 5) is 11.2. The van der Waals surface area contributed by atoms with Gasteiger partial charge in [-0.1, -0.05) is 12.1 Å². The number of carbonyl (C=O) groups is 1. The van der Waals surface area contributed by atoms with Crippen LogP contribution in [0.2, 0.25) is 0 Å². The van der Waals surface area contributed by atoms with Gasteiger partial charge in [-0.25, -0.2) is 0 Å². The van der Waals surface area contributed by atoms with E-state index in [0.29, 0.717) is 5.56 Å². The minimum atomic E-state index is -0.351. The van der Waals surface area contributed by atoms with Crippen LogP contribution in [-0.4, -0.2) is 11.9 Å². The maximum absolute atomic E-state index is 11.2. The predicted molar refractivity (Wildman–Crippen MR) is 55.0 cm³/mol. The second-order valence-electron chi connectivity index (χ2n) is 3.81. The standard InChI is InChI=1S/C11H14N2O/c12-8-5-4-7-2-1-3-9(11(13)14)10(7)6-8/h1-3,8H,4-6,12H2,(H2,13,14)/t8-/m1/s1. The summed E-state index contributed by atoms with van der Waals surface area (Å²) < 4.78 is 0. The fraction of sp³-hybridized carbons (Fsp3) is 0.364. The Morgan fingerprint density at radius 2 is 2.21 bits per heavy atom. The van der Waals surface area contributed by atoms with Gasteiger partial charge in [0.2, 0.25) is 5.91 Å². The van der Waals surface area contributed by atoms with E-state index in [1.807, 2.05) is 12.1 Å². The summed E-state index contributed by atoms with van der Waals surface area (Å²) in [5.74, 6) is -0.351. The highest BCUT2D eigenvalue weighted by atomic mass is 16.1. The summed E-state index contributed by atoms with van der Waals surface area (Å²) in [6.45, 7) is 0. The van der Waals surface area contributed by atoms with Crippen LogP contribution < -0.4 is 11.5 Å². The van der Waals surface area contributed by atoms with Crippen molar-refractivity contribution >= 4 is 5.91 Å². The molecule has 74 valence electrons. The molecule has 4 N–H and O–H groups in total. The summed E-state index contributed by atoms with van der Waals surface area (Å²) in [5.41, 5.74) is 14.1. The third-order valence-corrected chi connectivity index (χ3v) is 2.79. The number of rotatable bonds is 1. The largest absolute Gasteiger partial charge is 0.366 e. The summed E-state index contributed by atoms with van der Waals surface area (Å²) in [6, 6.07) is 5.88. The van der Waals surface area contributed by atoms with Crippen molar-refractivity contribution in [1.82, 2.24) is 0 Å². The Morgan fingerprint density at radius 1 is 1.43 bits per heavy atom. The monoisotopic (exact) mass is 190 g/mol. The third-order valence-electron chi connectivity index (χ3n) is 2.79. The molecule has 0 unspecified atom stereocenters. The van der Waals surface area contributed by atoms with Crippen molar-refractivity contribution in [3.63, 3.8) is 0 Å². The minimum Gasteiger partial charge on any atom is -0.366 e. The van der Waals surface area contributed by atoms with Gasteiger partial charge in [0.15, 0.2) is 0 Å². The van der Waals surface area contributed by atoms with Gasteiger partial charge in [-0.2, -0.15) is 0 Å². The first kappa shape index (κ1) is 9.21. The van der Waals surface area contributed by atoms with Gasteiger partial charge >= 0.3 is 0 Å². The molecule has 3 nitrogen and oxygen atoms in total. The fourth-order valence-corrected chi connectivity index (χ4v) is 2.05. The topological polar surface area (TPSA) is 69.1 Å². The van der Waals surface area contributed by atoms with Crippen molar-refractivity contribution in [2.75, 3.05) is 0 Å². The molecule has 1 amide bonds.